The van der Waals surface area contributed by atoms with E-state index in [9.17, 15) is 4.79 Å². The van der Waals surface area contributed by atoms with Gasteiger partial charge in [0.2, 0.25) is 0 Å². The molecular formula is C13H11NO2. The molecule has 0 spiro atoms. The Morgan fingerprint density at radius 1 is 1.12 bits per heavy atom. The molecule has 0 saturated heterocycles. The molecule has 16 heavy (non-hydrogen) atoms. The lowest BCUT2D eigenvalue weighted by Crippen LogP contribution is -1.98. The van der Waals surface area contributed by atoms with E-state index < -0.39 is 0 Å². The summed E-state index contributed by atoms with van der Waals surface area (Å²) < 4.78 is 5.57. The Hall–Kier alpha value is -2.03. The van der Waals surface area contributed by atoms with Crippen LogP contribution in [0.4, 0.5) is 0 Å². The fourth-order valence-electron chi connectivity index (χ4n) is 2.15. The van der Waals surface area contributed by atoms with Gasteiger partial charge in [-0.1, -0.05) is 0 Å². The number of pyridine rings is 1. The van der Waals surface area contributed by atoms with Crippen LogP contribution in [0.2, 0.25) is 0 Å². The van der Waals surface area contributed by atoms with Gasteiger partial charge in [-0.2, -0.15) is 0 Å². The molecule has 3 rings (SSSR count). The largest absolute Gasteiger partial charge is 0.461 e. The molecule has 1 N–H and O–H groups in total. The number of aryl methyl sites for hydroxylation is 2. The summed E-state index contributed by atoms with van der Waals surface area (Å²) in [7, 11) is 0. The standard InChI is InChI=1S/C13H11NO2/c1-7-3-9-5-10(15)6-12-13(9)11(14-7)4-8(2)16-12/h3-6,14H,1-2H3. The van der Waals surface area contributed by atoms with E-state index in [0.717, 1.165) is 27.7 Å². The molecule has 0 atom stereocenters. The zero-order chi connectivity index (χ0) is 11.3. The van der Waals surface area contributed by atoms with Crippen LogP contribution in [0.25, 0.3) is 21.9 Å². The molecule has 0 unspecified atom stereocenters. The number of hydrogen-bond acceptors (Lipinski definition) is 2. The number of aromatic nitrogens is 1. The van der Waals surface area contributed by atoms with E-state index in [2.05, 4.69) is 4.98 Å². The van der Waals surface area contributed by atoms with E-state index in [1.54, 1.807) is 6.07 Å². The van der Waals surface area contributed by atoms with E-state index >= 15 is 0 Å². The number of benzene rings is 1. The van der Waals surface area contributed by atoms with Crippen molar-refractivity contribution < 1.29 is 4.42 Å². The van der Waals surface area contributed by atoms with Gasteiger partial charge < -0.3 is 9.40 Å². The van der Waals surface area contributed by atoms with Crippen LogP contribution in [0, 0.1) is 13.8 Å². The maximum atomic E-state index is 11.5. The Kier molecular flexibility index (Phi) is 1.72. The van der Waals surface area contributed by atoms with Crippen LogP contribution in [-0.4, -0.2) is 4.98 Å². The first-order valence-corrected chi connectivity index (χ1v) is 5.17. The van der Waals surface area contributed by atoms with Crippen LogP contribution in [-0.2, 0) is 0 Å². The zero-order valence-corrected chi connectivity index (χ0v) is 9.13. The van der Waals surface area contributed by atoms with Crippen LogP contribution in [0.15, 0.2) is 33.5 Å². The number of aromatic amines is 1. The molecule has 2 aromatic heterocycles. The molecule has 0 aliphatic rings. The van der Waals surface area contributed by atoms with Gasteiger partial charge in [-0.05, 0) is 31.4 Å². The second-order valence-corrected chi connectivity index (χ2v) is 4.11. The molecule has 3 aromatic rings. The number of H-pyrrole nitrogens is 1. The van der Waals surface area contributed by atoms with Gasteiger partial charge in [0.25, 0.3) is 0 Å². The zero-order valence-electron chi connectivity index (χ0n) is 9.13. The van der Waals surface area contributed by atoms with Crippen LogP contribution in [0.1, 0.15) is 11.5 Å². The summed E-state index contributed by atoms with van der Waals surface area (Å²) in [5, 5.41) is 1.91. The number of hydrogen-bond donors (Lipinski definition) is 1. The summed E-state index contributed by atoms with van der Waals surface area (Å²) in [4.78, 5) is 14.8. The summed E-state index contributed by atoms with van der Waals surface area (Å²) in [5.41, 5.74) is 2.67. The Balaban J connectivity index is 2.69. The molecule has 2 heterocycles. The van der Waals surface area contributed by atoms with Crippen molar-refractivity contribution in [1.29, 1.82) is 0 Å². The molecule has 3 nitrogen and oxygen atoms in total. The van der Waals surface area contributed by atoms with Crippen molar-refractivity contribution in [2.24, 2.45) is 0 Å². The second-order valence-electron chi connectivity index (χ2n) is 4.11. The summed E-state index contributed by atoms with van der Waals surface area (Å²) in [6, 6.07) is 7.08. The van der Waals surface area contributed by atoms with Crippen molar-refractivity contribution in [3.05, 3.63) is 45.9 Å². The lowest BCUT2D eigenvalue weighted by atomic mass is 10.1. The molecule has 0 aliphatic carbocycles. The molecule has 0 saturated carbocycles. The smallest absolute Gasteiger partial charge is 0.182 e. The third-order valence-electron chi connectivity index (χ3n) is 2.70. The maximum Gasteiger partial charge on any atom is 0.182 e. The van der Waals surface area contributed by atoms with E-state index in [-0.39, 0.29) is 5.43 Å². The SMILES string of the molecule is Cc1cc2cc(=O)cc3oc(C)cc([nH]1)c23. The van der Waals surface area contributed by atoms with Gasteiger partial charge in [0.05, 0.1) is 5.52 Å². The summed E-state index contributed by atoms with van der Waals surface area (Å²) in [6.07, 6.45) is 0. The Morgan fingerprint density at radius 2 is 1.94 bits per heavy atom. The highest BCUT2D eigenvalue weighted by Gasteiger charge is 2.07. The molecule has 0 radical (unpaired) electrons. The quantitative estimate of drug-likeness (QED) is 0.624. The highest BCUT2D eigenvalue weighted by molar-refractivity contribution is 6.05. The molecule has 0 amide bonds. The first-order chi connectivity index (χ1) is 7.63. The van der Waals surface area contributed by atoms with Gasteiger partial charge in [0, 0.05) is 23.2 Å². The highest BCUT2D eigenvalue weighted by Crippen LogP contribution is 2.25. The highest BCUT2D eigenvalue weighted by atomic mass is 16.3. The minimum absolute atomic E-state index is 0.0197. The Labute approximate surface area is 91.7 Å². The monoisotopic (exact) mass is 213 g/mol. The van der Waals surface area contributed by atoms with Gasteiger partial charge in [0.1, 0.15) is 11.3 Å². The lowest BCUT2D eigenvalue weighted by Gasteiger charge is -2.07. The van der Waals surface area contributed by atoms with Crippen molar-refractivity contribution in [2.45, 2.75) is 13.8 Å². The normalized spacial score (nSPS) is 11.4. The first-order valence-electron chi connectivity index (χ1n) is 5.17. The first kappa shape index (κ1) is 9.21. The fourth-order valence-corrected chi connectivity index (χ4v) is 2.15. The second kappa shape index (κ2) is 2.98. The van der Waals surface area contributed by atoms with Gasteiger partial charge in [-0.25, -0.2) is 0 Å². The summed E-state index contributed by atoms with van der Waals surface area (Å²) >= 11 is 0. The van der Waals surface area contributed by atoms with E-state index in [1.807, 2.05) is 26.0 Å². The number of nitrogens with one attached hydrogen (secondary N) is 1. The van der Waals surface area contributed by atoms with Crippen LogP contribution >= 0.6 is 0 Å². The van der Waals surface area contributed by atoms with Crippen molar-refractivity contribution >= 4 is 21.9 Å². The van der Waals surface area contributed by atoms with Gasteiger partial charge >= 0.3 is 0 Å². The molecule has 3 heteroatoms. The predicted molar refractivity (Wildman–Crippen MR) is 63.8 cm³/mol. The molecule has 0 aliphatic heterocycles. The van der Waals surface area contributed by atoms with Crippen molar-refractivity contribution in [1.82, 2.24) is 4.98 Å². The average Bonchev–Trinajstić information content (AvgIpc) is 2.14. The van der Waals surface area contributed by atoms with Crippen LogP contribution in [0.5, 0.6) is 0 Å². The topological polar surface area (TPSA) is 46.0 Å². The van der Waals surface area contributed by atoms with Crippen molar-refractivity contribution in [2.75, 3.05) is 0 Å². The molecule has 0 fully saturated rings. The van der Waals surface area contributed by atoms with Gasteiger partial charge in [0.15, 0.2) is 5.43 Å². The van der Waals surface area contributed by atoms with Gasteiger partial charge in [-0.15, -0.1) is 0 Å². The third-order valence-corrected chi connectivity index (χ3v) is 2.70. The average molecular weight is 213 g/mol. The minimum Gasteiger partial charge on any atom is -0.461 e. The molecular weight excluding hydrogens is 202 g/mol. The maximum absolute atomic E-state index is 11.5. The summed E-state index contributed by atoms with van der Waals surface area (Å²) in [6.45, 7) is 3.86. The summed E-state index contributed by atoms with van der Waals surface area (Å²) in [5.74, 6) is 0.793. The Bertz CT molecular complexity index is 692. The van der Waals surface area contributed by atoms with E-state index in [0.29, 0.717) is 5.58 Å². The van der Waals surface area contributed by atoms with Crippen LogP contribution in [0.3, 0.4) is 0 Å². The fraction of sp³-hybridized carbons (Fsp3) is 0.154. The molecule has 0 bridgehead atoms. The third kappa shape index (κ3) is 1.25. The minimum atomic E-state index is -0.0197. The van der Waals surface area contributed by atoms with Crippen molar-refractivity contribution in [3.8, 4) is 0 Å². The van der Waals surface area contributed by atoms with E-state index in [4.69, 9.17) is 4.42 Å². The predicted octanol–water partition coefficient (Wildman–Crippen LogP) is 2.89. The molecule has 1 aromatic carbocycles. The lowest BCUT2D eigenvalue weighted by molar-refractivity contribution is 0.567. The Morgan fingerprint density at radius 3 is 2.75 bits per heavy atom. The van der Waals surface area contributed by atoms with E-state index in [1.165, 1.54) is 6.07 Å². The molecule has 80 valence electrons. The number of rotatable bonds is 0. The van der Waals surface area contributed by atoms with Crippen LogP contribution < -0.4 is 5.43 Å². The van der Waals surface area contributed by atoms with Crippen molar-refractivity contribution in [3.63, 3.8) is 0 Å². The van der Waals surface area contributed by atoms with Gasteiger partial charge in [-0.3, -0.25) is 4.79 Å².